The first-order chi connectivity index (χ1) is 14.6. The van der Waals surface area contributed by atoms with Crippen molar-refractivity contribution in [2.75, 3.05) is 0 Å². The van der Waals surface area contributed by atoms with E-state index in [2.05, 4.69) is 0 Å². The van der Waals surface area contributed by atoms with Crippen LogP contribution in [0.1, 0.15) is 21.6 Å². The third-order valence-corrected chi connectivity index (χ3v) is 6.37. The van der Waals surface area contributed by atoms with Gasteiger partial charge in [0.1, 0.15) is 10.6 Å². The molecule has 0 aliphatic rings. The SMILES string of the molecule is Cc1sc2c(c1C)c(=O)n(-c1cccc(C(F)(F)F)c1)c(=O)n2Cc1ccc(F)cc1. The van der Waals surface area contributed by atoms with Crippen molar-refractivity contribution in [1.82, 2.24) is 9.13 Å². The fourth-order valence-electron chi connectivity index (χ4n) is 3.42. The zero-order chi connectivity index (χ0) is 22.5. The molecule has 0 fully saturated rings. The maximum Gasteiger partial charge on any atom is 0.416 e. The highest BCUT2D eigenvalue weighted by atomic mass is 32.1. The van der Waals surface area contributed by atoms with Gasteiger partial charge in [0, 0.05) is 4.88 Å². The lowest BCUT2D eigenvalue weighted by atomic mass is 10.1. The molecule has 0 atom stereocenters. The smallest absolute Gasteiger partial charge is 0.280 e. The third-order valence-electron chi connectivity index (χ3n) is 5.14. The van der Waals surface area contributed by atoms with Crippen molar-refractivity contribution in [3.8, 4) is 5.69 Å². The summed E-state index contributed by atoms with van der Waals surface area (Å²) in [4.78, 5) is 27.8. The van der Waals surface area contributed by atoms with Crippen LogP contribution in [0.15, 0.2) is 58.1 Å². The van der Waals surface area contributed by atoms with Gasteiger partial charge in [0.2, 0.25) is 0 Å². The van der Waals surface area contributed by atoms with Gasteiger partial charge in [-0.25, -0.2) is 13.8 Å². The number of thiophene rings is 1. The molecule has 0 spiro atoms. The first kappa shape index (κ1) is 21.0. The summed E-state index contributed by atoms with van der Waals surface area (Å²) in [6.45, 7) is 3.58. The number of aryl methyl sites for hydroxylation is 2. The molecule has 0 bridgehead atoms. The Bertz CT molecular complexity index is 1410. The first-order valence-electron chi connectivity index (χ1n) is 9.25. The van der Waals surface area contributed by atoms with E-state index in [1.54, 1.807) is 13.8 Å². The van der Waals surface area contributed by atoms with E-state index in [1.165, 1.54) is 46.2 Å². The molecule has 0 amide bonds. The quantitative estimate of drug-likeness (QED) is 0.413. The topological polar surface area (TPSA) is 44.0 Å². The third kappa shape index (κ3) is 3.69. The number of benzene rings is 2. The van der Waals surface area contributed by atoms with Crippen LogP contribution in [0.2, 0.25) is 0 Å². The molecule has 4 aromatic rings. The van der Waals surface area contributed by atoms with Crippen LogP contribution in [-0.4, -0.2) is 9.13 Å². The summed E-state index contributed by atoms with van der Waals surface area (Å²) in [5.74, 6) is -0.432. The Kier molecular flexibility index (Phi) is 5.09. The largest absolute Gasteiger partial charge is 0.416 e. The Balaban J connectivity index is 2.03. The van der Waals surface area contributed by atoms with Crippen molar-refractivity contribution in [1.29, 1.82) is 0 Å². The summed E-state index contributed by atoms with van der Waals surface area (Å²) in [7, 11) is 0. The molecular formula is C22H16F4N2O2S. The van der Waals surface area contributed by atoms with Crippen molar-refractivity contribution < 1.29 is 17.6 Å². The molecule has 4 nitrogen and oxygen atoms in total. The van der Waals surface area contributed by atoms with Gasteiger partial charge in [-0.3, -0.25) is 9.36 Å². The molecule has 9 heteroatoms. The van der Waals surface area contributed by atoms with E-state index in [0.717, 1.165) is 27.6 Å². The van der Waals surface area contributed by atoms with E-state index in [9.17, 15) is 27.2 Å². The van der Waals surface area contributed by atoms with Crippen LogP contribution in [0.3, 0.4) is 0 Å². The van der Waals surface area contributed by atoms with Crippen LogP contribution in [0, 0.1) is 19.7 Å². The number of rotatable bonds is 3. The zero-order valence-electron chi connectivity index (χ0n) is 16.5. The summed E-state index contributed by atoms with van der Waals surface area (Å²) in [5, 5.41) is 0.279. The maximum absolute atomic E-state index is 13.3. The molecule has 0 aliphatic heterocycles. The maximum atomic E-state index is 13.3. The first-order valence-corrected chi connectivity index (χ1v) is 10.1. The molecule has 0 aliphatic carbocycles. The van der Waals surface area contributed by atoms with Gasteiger partial charge in [0.05, 0.1) is 23.2 Å². The fourth-order valence-corrected chi connectivity index (χ4v) is 4.56. The minimum Gasteiger partial charge on any atom is -0.280 e. The monoisotopic (exact) mass is 448 g/mol. The van der Waals surface area contributed by atoms with Gasteiger partial charge in [-0.05, 0) is 55.3 Å². The number of hydrogen-bond donors (Lipinski definition) is 0. The van der Waals surface area contributed by atoms with Crippen molar-refractivity contribution in [2.45, 2.75) is 26.6 Å². The van der Waals surface area contributed by atoms with Gasteiger partial charge in [-0.1, -0.05) is 18.2 Å². The van der Waals surface area contributed by atoms with E-state index >= 15 is 0 Å². The van der Waals surface area contributed by atoms with E-state index in [1.807, 2.05) is 0 Å². The highest BCUT2D eigenvalue weighted by Crippen LogP contribution is 2.31. The van der Waals surface area contributed by atoms with Gasteiger partial charge in [0.25, 0.3) is 5.56 Å². The van der Waals surface area contributed by atoms with Gasteiger partial charge in [-0.2, -0.15) is 13.2 Å². The van der Waals surface area contributed by atoms with Crippen molar-refractivity contribution >= 4 is 21.6 Å². The van der Waals surface area contributed by atoms with Crippen LogP contribution in [-0.2, 0) is 12.7 Å². The molecule has 4 rings (SSSR count). The molecule has 0 radical (unpaired) electrons. The Morgan fingerprint density at radius 2 is 1.68 bits per heavy atom. The van der Waals surface area contributed by atoms with Crippen LogP contribution in [0.4, 0.5) is 17.6 Å². The van der Waals surface area contributed by atoms with Gasteiger partial charge in [-0.15, -0.1) is 11.3 Å². The van der Waals surface area contributed by atoms with Gasteiger partial charge < -0.3 is 0 Å². The van der Waals surface area contributed by atoms with Crippen LogP contribution < -0.4 is 11.2 Å². The predicted molar refractivity (Wildman–Crippen MR) is 112 cm³/mol. The second kappa shape index (κ2) is 7.49. The summed E-state index contributed by atoms with van der Waals surface area (Å²) in [6, 6.07) is 9.65. The molecule has 0 N–H and O–H groups in total. The molecule has 2 aromatic carbocycles. The molecule has 0 unspecified atom stereocenters. The highest BCUT2D eigenvalue weighted by Gasteiger charge is 2.31. The van der Waals surface area contributed by atoms with Gasteiger partial charge in [0.15, 0.2) is 0 Å². The number of fused-ring (bicyclic) bond motifs is 1. The average molecular weight is 448 g/mol. The lowest BCUT2D eigenvalue weighted by Gasteiger charge is -2.14. The second-order valence-electron chi connectivity index (χ2n) is 7.15. The number of nitrogens with zero attached hydrogens (tertiary/aromatic N) is 2. The standard InChI is InChI=1S/C22H16F4N2O2S/c1-12-13(2)31-20-18(12)19(29)28(17-5-3-4-15(10-17)22(24,25)26)21(30)27(20)11-14-6-8-16(23)9-7-14/h3-10H,11H2,1-2H3. The minimum atomic E-state index is -4.62. The van der Waals surface area contributed by atoms with E-state index in [-0.39, 0.29) is 17.6 Å². The molecule has 0 saturated heterocycles. The normalized spacial score (nSPS) is 11.9. The molecular weight excluding hydrogens is 432 g/mol. The number of aromatic nitrogens is 2. The Morgan fingerprint density at radius 1 is 1.00 bits per heavy atom. The lowest BCUT2D eigenvalue weighted by Crippen LogP contribution is -2.39. The predicted octanol–water partition coefficient (Wildman–Crippen LogP) is 5.04. The summed E-state index contributed by atoms with van der Waals surface area (Å²) in [6.07, 6.45) is -4.62. The fraction of sp³-hybridized carbons (Fsp3) is 0.182. The second-order valence-corrected chi connectivity index (χ2v) is 8.35. The van der Waals surface area contributed by atoms with Crippen LogP contribution in [0.25, 0.3) is 15.9 Å². The van der Waals surface area contributed by atoms with Crippen LogP contribution in [0.5, 0.6) is 0 Å². The number of halogens is 4. The number of alkyl halides is 3. The zero-order valence-corrected chi connectivity index (χ0v) is 17.3. The minimum absolute atomic E-state index is 0.0360. The highest BCUT2D eigenvalue weighted by molar-refractivity contribution is 7.18. The van der Waals surface area contributed by atoms with Crippen molar-refractivity contribution in [3.05, 3.63) is 96.8 Å². The summed E-state index contributed by atoms with van der Waals surface area (Å²) < 4.78 is 55.0. The van der Waals surface area contributed by atoms with Crippen LogP contribution >= 0.6 is 11.3 Å². The van der Waals surface area contributed by atoms with E-state index in [0.29, 0.717) is 16.0 Å². The van der Waals surface area contributed by atoms with Crippen molar-refractivity contribution in [3.63, 3.8) is 0 Å². The molecule has 160 valence electrons. The summed E-state index contributed by atoms with van der Waals surface area (Å²) in [5.41, 5.74) is -1.28. The lowest BCUT2D eigenvalue weighted by molar-refractivity contribution is -0.137. The van der Waals surface area contributed by atoms with E-state index < -0.39 is 28.8 Å². The Hall–Kier alpha value is -3.20. The number of hydrogen-bond acceptors (Lipinski definition) is 3. The molecule has 0 saturated carbocycles. The molecule has 2 heterocycles. The van der Waals surface area contributed by atoms with Gasteiger partial charge >= 0.3 is 11.9 Å². The molecule has 31 heavy (non-hydrogen) atoms. The summed E-state index contributed by atoms with van der Waals surface area (Å²) >= 11 is 1.26. The van der Waals surface area contributed by atoms with E-state index in [4.69, 9.17) is 0 Å². The van der Waals surface area contributed by atoms with Crippen molar-refractivity contribution in [2.24, 2.45) is 0 Å². The Morgan fingerprint density at radius 3 is 2.32 bits per heavy atom. The Labute approximate surface area is 177 Å². The molecule has 2 aromatic heterocycles. The average Bonchev–Trinajstić information content (AvgIpc) is 3.01.